The van der Waals surface area contributed by atoms with Crippen molar-refractivity contribution in [3.8, 4) is 0 Å². The number of carbonyl (C=O) groups excluding carboxylic acids is 1. The lowest BCUT2D eigenvalue weighted by atomic mass is 9.73. The highest BCUT2D eigenvalue weighted by Gasteiger charge is 2.34. The Morgan fingerprint density at radius 3 is 0.705 bits per heavy atom. The molecular weight excluding hydrogens is 534 g/mol. The third kappa shape index (κ3) is 28.9. The highest BCUT2D eigenvalue weighted by atomic mass is 16.1. The summed E-state index contributed by atoms with van der Waals surface area (Å²) < 4.78 is 0. The molecule has 0 atom stereocenters. The summed E-state index contributed by atoms with van der Waals surface area (Å²) in [5.41, 5.74) is 5.87. The summed E-state index contributed by atoms with van der Waals surface area (Å²) in [6, 6.07) is 0. The lowest BCUT2D eigenvalue weighted by Gasteiger charge is -2.31. The maximum Gasteiger partial charge on any atom is 0.223 e. The van der Waals surface area contributed by atoms with Crippen molar-refractivity contribution in [1.82, 2.24) is 0 Å². The van der Waals surface area contributed by atoms with Crippen LogP contribution in [-0.4, -0.2) is 5.91 Å². The van der Waals surface area contributed by atoms with Gasteiger partial charge in [0.25, 0.3) is 0 Å². The minimum atomic E-state index is -0.234. The van der Waals surface area contributed by atoms with Crippen LogP contribution in [0.15, 0.2) is 0 Å². The molecule has 0 rings (SSSR count). The Morgan fingerprint density at radius 2 is 0.500 bits per heavy atom. The van der Waals surface area contributed by atoms with E-state index in [0.717, 1.165) is 32.1 Å². The number of nitrogens with two attached hydrogens (primary N) is 1. The third-order valence-corrected chi connectivity index (χ3v) is 10.5. The van der Waals surface area contributed by atoms with E-state index in [2.05, 4.69) is 20.8 Å². The zero-order valence-corrected chi connectivity index (χ0v) is 31.1. The van der Waals surface area contributed by atoms with Crippen LogP contribution in [-0.2, 0) is 4.79 Å². The molecule has 264 valence electrons. The van der Waals surface area contributed by atoms with E-state index < -0.39 is 0 Å². The number of hydrogen-bond acceptors (Lipinski definition) is 1. The second-order valence-electron chi connectivity index (χ2n) is 14.9. The van der Waals surface area contributed by atoms with E-state index in [1.54, 1.807) is 0 Å². The van der Waals surface area contributed by atoms with Crippen molar-refractivity contribution in [2.45, 2.75) is 258 Å². The lowest BCUT2D eigenvalue weighted by molar-refractivity contribution is -0.129. The number of amides is 1. The Balaban J connectivity index is 3.84. The van der Waals surface area contributed by atoms with Crippen LogP contribution < -0.4 is 5.73 Å². The molecule has 0 bridgehead atoms. The van der Waals surface area contributed by atoms with Crippen LogP contribution in [0.4, 0.5) is 0 Å². The van der Waals surface area contributed by atoms with Crippen LogP contribution in [0, 0.1) is 5.41 Å². The second-order valence-corrected chi connectivity index (χ2v) is 14.9. The highest BCUT2D eigenvalue weighted by Crippen LogP contribution is 2.37. The average Bonchev–Trinajstić information content (AvgIpc) is 3.02. The number of rotatable bonds is 38. The van der Waals surface area contributed by atoms with Gasteiger partial charge in [-0.2, -0.15) is 0 Å². The zero-order valence-electron chi connectivity index (χ0n) is 31.1. The molecule has 2 heteroatoms. The minimum Gasteiger partial charge on any atom is -0.369 e. The Labute approximate surface area is 279 Å². The molecule has 0 fully saturated rings. The normalized spacial score (nSPS) is 11.9. The molecule has 2 nitrogen and oxygen atoms in total. The maximum atomic E-state index is 12.7. The third-order valence-electron chi connectivity index (χ3n) is 10.5. The maximum absolute atomic E-state index is 12.7. The first-order chi connectivity index (χ1) is 21.6. The Kier molecular flexibility index (Phi) is 34.9. The molecule has 0 aromatic rings. The number of primary amides is 1. The number of hydrogen-bond donors (Lipinski definition) is 1. The van der Waals surface area contributed by atoms with Crippen molar-refractivity contribution in [1.29, 1.82) is 0 Å². The van der Waals surface area contributed by atoms with Gasteiger partial charge in [0.2, 0.25) is 5.91 Å². The number of carbonyl (C=O) groups is 1. The van der Waals surface area contributed by atoms with Gasteiger partial charge in [-0.05, 0) is 19.3 Å². The Hall–Kier alpha value is -0.530. The molecule has 0 heterocycles. The minimum absolute atomic E-state index is 0.00660. The van der Waals surface area contributed by atoms with Crippen LogP contribution in [0.2, 0.25) is 0 Å². The van der Waals surface area contributed by atoms with Crippen molar-refractivity contribution < 1.29 is 4.79 Å². The lowest BCUT2D eigenvalue weighted by Crippen LogP contribution is -2.37. The van der Waals surface area contributed by atoms with Gasteiger partial charge in [-0.15, -0.1) is 0 Å². The molecule has 2 N–H and O–H groups in total. The van der Waals surface area contributed by atoms with Crippen LogP contribution in [0.25, 0.3) is 0 Å². The molecule has 0 aromatic heterocycles. The molecule has 0 aromatic carbocycles. The van der Waals surface area contributed by atoms with Gasteiger partial charge in [0.1, 0.15) is 0 Å². The van der Waals surface area contributed by atoms with Crippen LogP contribution in [0.1, 0.15) is 258 Å². The van der Waals surface area contributed by atoms with Crippen LogP contribution >= 0.6 is 0 Å². The first-order valence-electron chi connectivity index (χ1n) is 20.9. The molecule has 0 saturated carbocycles. The molecule has 0 aliphatic carbocycles. The van der Waals surface area contributed by atoms with Gasteiger partial charge in [-0.25, -0.2) is 0 Å². The molecule has 0 spiro atoms. The van der Waals surface area contributed by atoms with Crippen molar-refractivity contribution >= 4 is 5.91 Å². The molecular formula is C42H85NO. The van der Waals surface area contributed by atoms with Gasteiger partial charge in [0.15, 0.2) is 0 Å². The molecule has 44 heavy (non-hydrogen) atoms. The standard InChI is InChI=1S/C42H85NO/c1-4-7-10-12-14-16-18-20-22-24-26-28-30-32-34-36-39-42(41(43)44,38-9-6-3)40-37-35-33-31-29-27-25-23-21-19-17-15-13-11-8-5-2/h4-40H2,1-3H3,(H2,43,44). The summed E-state index contributed by atoms with van der Waals surface area (Å²) in [4.78, 5) is 12.7. The van der Waals surface area contributed by atoms with Gasteiger partial charge < -0.3 is 5.73 Å². The SMILES string of the molecule is CCCCCCCCCCCCCCCCCCC(CCCC)(CCCCCCCCCCCCCCCCCC)C(N)=O. The van der Waals surface area contributed by atoms with Crippen molar-refractivity contribution in [2.24, 2.45) is 11.1 Å². The summed E-state index contributed by atoms with van der Waals surface area (Å²) in [6.07, 6.45) is 50.0. The van der Waals surface area contributed by atoms with E-state index in [1.807, 2.05) is 0 Å². The largest absolute Gasteiger partial charge is 0.369 e. The van der Waals surface area contributed by atoms with Gasteiger partial charge >= 0.3 is 0 Å². The van der Waals surface area contributed by atoms with Crippen LogP contribution in [0.5, 0.6) is 0 Å². The van der Waals surface area contributed by atoms with E-state index in [0.29, 0.717) is 0 Å². The fourth-order valence-electron chi connectivity index (χ4n) is 7.28. The van der Waals surface area contributed by atoms with Gasteiger partial charge in [-0.3, -0.25) is 4.79 Å². The summed E-state index contributed by atoms with van der Waals surface area (Å²) in [6.45, 7) is 6.84. The molecule has 0 aliphatic heterocycles. The second kappa shape index (κ2) is 35.3. The van der Waals surface area contributed by atoms with E-state index in [9.17, 15) is 4.79 Å². The van der Waals surface area contributed by atoms with Crippen molar-refractivity contribution in [3.63, 3.8) is 0 Å². The van der Waals surface area contributed by atoms with E-state index in [4.69, 9.17) is 5.73 Å². The summed E-state index contributed by atoms with van der Waals surface area (Å²) in [7, 11) is 0. The van der Waals surface area contributed by atoms with E-state index >= 15 is 0 Å². The number of unbranched alkanes of at least 4 members (excludes halogenated alkanes) is 31. The first-order valence-corrected chi connectivity index (χ1v) is 20.9. The fraction of sp³-hybridized carbons (Fsp3) is 0.976. The zero-order chi connectivity index (χ0) is 32.2. The predicted molar refractivity (Wildman–Crippen MR) is 199 cm³/mol. The van der Waals surface area contributed by atoms with Gasteiger partial charge in [0, 0.05) is 5.41 Å². The molecule has 0 saturated heterocycles. The van der Waals surface area contributed by atoms with E-state index in [1.165, 1.54) is 205 Å². The molecule has 1 amide bonds. The monoisotopic (exact) mass is 620 g/mol. The average molecular weight is 620 g/mol. The van der Waals surface area contributed by atoms with Gasteiger partial charge in [-0.1, -0.05) is 239 Å². The quantitative estimate of drug-likeness (QED) is 0.0686. The Morgan fingerprint density at radius 1 is 0.318 bits per heavy atom. The molecule has 0 unspecified atom stereocenters. The first kappa shape index (κ1) is 43.5. The highest BCUT2D eigenvalue weighted by molar-refractivity contribution is 5.80. The summed E-state index contributed by atoms with van der Waals surface area (Å²) in [5.74, 6) is -0.00660. The van der Waals surface area contributed by atoms with Crippen molar-refractivity contribution in [2.75, 3.05) is 0 Å². The van der Waals surface area contributed by atoms with Crippen molar-refractivity contribution in [3.05, 3.63) is 0 Å². The van der Waals surface area contributed by atoms with Crippen LogP contribution in [0.3, 0.4) is 0 Å². The molecule has 0 aliphatic rings. The Bertz CT molecular complexity index is 522. The smallest absolute Gasteiger partial charge is 0.223 e. The topological polar surface area (TPSA) is 43.1 Å². The van der Waals surface area contributed by atoms with E-state index in [-0.39, 0.29) is 11.3 Å². The molecule has 0 radical (unpaired) electrons. The van der Waals surface area contributed by atoms with Gasteiger partial charge in [0.05, 0.1) is 0 Å². The predicted octanol–water partition coefficient (Wildman–Crippen LogP) is 15.0. The summed E-state index contributed by atoms with van der Waals surface area (Å²) in [5, 5.41) is 0. The summed E-state index contributed by atoms with van der Waals surface area (Å²) >= 11 is 0. The fourth-order valence-corrected chi connectivity index (χ4v) is 7.28.